The van der Waals surface area contributed by atoms with Crippen molar-refractivity contribution in [1.29, 1.82) is 0 Å². The Labute approximate surface area is 91.3 Å². The van der Waals surface area contributed by atoms with E-state index in [1.807, 2.05) is 4.57 Å². The highest BCUT2D eigenvalue weighted by molar-refractivity contribution is 4.97. The van der Waals surface area contributed by atoms with Crippen LogP contribution in [-0.4, -0.2) is 19.9 Å². The largest absolute Gasteiger partial charge is 0.388 e. The summed E-state index contributed by atoms with van der Waals surface area (Å²) in [4.78, 5) is 0. The molecule has 0 aromatic carbocycles. The van der Waals surface area contributed by atoms with E-state index in [4.69, 9.17) is 5.11 Å². The first-order chi connectivity index (χ1) is 7.06. The van der Waals surface area contributed by atoms with Crippen molar-refractivity contribution in [3.8, 4) is 0 Å². The van der Waals surface area contributed by atoms with Gasteiger partial charge in [0.1, 0.15) is 12.4 Å². The molecule has 1 N–H and O–H groups in total. The smallest absolute Gasteiger partial charge is 0.159 e. The Balaban J connectivity index is 2.82. The Morgan fingerprint density at radius 1 is 1.13 bits per heavy atom. The summed E-state index contributed by atoms with van der Waals surface area (Å²) in [5.74, 6) is 2.33. The van der Waals surface area contributed by atoms with Crippen LogP contribution < -0.4 is 0 Å². The van der Waals surface area contributed by atoms with Gasteiger partial charge in [0, 0.05) is 12.5 Å². The molecular formula is C11H21N3O. The van der Waals surface area contributed by atoms with Crippen molar-refractivity contribution < 1.29 is 5.11 Å². The van der Waals surface area contributed by atoms with Crippen LogP contribution in [-0.2, 0) is 13.0 Å². The summed E-state index contributed by atoms with van der Waals surface area (Å²) in [6.07, 6.45) is 2.04. The molecule has 0 aliphatic carbocycles. The van der Waals surface area contributed by atoms with E-state index < -0.39 is 0 Å². The Kier molecular flexibility index (Phi) is 4.27. The van der Waals surface area contributed by atoms with Crippen molar-refractivity contribution in [3.05, 3.63) is 11.6 Å². The van der Waals surface area contributed by atoms with E-state index in [9.17, 15) is 0 Å². The van der Waals surface area contributed by atoms with Gasteiger partial charge in [-0.15, -0.1) is 10.2 Å². The molecule has 0 unspecified atom stereocenters. The molecule has 0 spiro atoms. The van der Waals surface area contributed by atoms with Gasteiger partial charge in [-0.1, -0.05) is 13.8 Å². The zero-order valence-corrected chi connectivity index (χ0v) is 10.1. The second-order valence-electron chi connectivity index (χ2n) is 4.59. The molecule has 1 aromatic rings. The van der Waals surface area contributed by atoms with E-state index in [0.29, 0.717) is 17.8 Å². The molecule has 0 saturated heterocycles. The average molecular weight is 211 g/mol. The van der Waals surface area contributed by atoms with Gasteiger partial charge < -0.3 is 9.67 Å². The van der Waals surface area contributed by atoms with Gasteiger partial charge in [-0.3, -0.25) is 0 Å². The van der Waals surface area contributed by atoms with Crippen LogP contribution in [0.4, 0.5) is 0 Å². The zero-order valence-electron chi connectivity index (χ0n) is 10.1. The van der Waals surface area contributed by atoms with Gasteiger partial charge in [0.15, 0.2) is 5.82 Å². The predicted molar refractivity (Wildman–Crippen MR) is 59.5 cm³/mol. The molecule has 4 nitrogen and oxygen atoms in total. The first-order valence-electron chi connectivity index (χ1n) is 5.59. The van der Waals surface area contributed by atoms with Crippen LogP contribution in [0.1, 0.15) is 51.8 Å². The Morgan fingerprint density at radius 3 is 2.20 bits per heavy atom. The normalized spacial score (nSPS) is 11.7. The fourth-order valence-corrected chi connectivity index (χ4v) is 1.65. The van der Waals surface area contributed by atoms with Gasteiger partial charge in [-0.05, 0) is 26.2 Å². The molecule has 15 heavy (non-hydrogen) atoms. The third-order valence-corrected chi connectivity index (χ3v) is 2.44. The molecule has 86 valence electrons. The van der Waals surface area contributed by atoms with Crippen LogP contribution in [0.15, 0.2) is 0 Å². The van der Waals surface area contributed by atoms with Crippen LogP contribution >= 0.6 is 0 Å². The lowest BCUT2D eigenvalue weighted by Crippen LogP contribution is -2.11. The molecule has 1 rings (SSSR count). The average Bonchev–Trinajstić information content (AvgIpc) is 2.57. The van der Waals surface area contributed by atoms with Crippen molar-refractivity contribution in [2.75, 3.05) is 0 Å². The van der Waals surface area contributed by atoms with Gasteiger partial charge in [0.2, 0.25) is 0 Å². The minimum absolute atomic E-state index is 0.0349. The van der Waals surface area contributed by atoms with E-state index in [0.717, 1.165) is 18.7 Å². The molecule has 0 atom stereocenters. The SMILES string of the molecule is CC(C)CCc1nnc(CO)n1C(C)C. The standard InChI is InChI=1S/C11H21N3O/c1-8(2)5-6-10-12-13-11(7-15)14(10)9(3)4/h8-9,15H,5-7H2,1-4H3. The monoisotopic (exact) mass is 211 g/mol. The number of aliphatic hydroxyl groups is 1. The number of hydrogen-bond donors (Lipinski definition) is 1. The third kappa shape index (κ3) is 3.02. The first kappa shape index (κ1) is 12.2. The molecule has 0 fully saturated rings. The van der Waals surface area contributed by atoms with Crippen LogP contribution in [0.25, 0.3) is 0 Å². The molecule has 4 heteroatoms. The van der Waals surface area contributed by atoms with Crippen molar-refractivity contribution in [2.45, 2.75) is 53.2 Å². The fourth-order valence-electron chi connectivity index (χ4n) is 1.65. The molecule has 0 radical (unpaired) electrons. The van der Waals surface area contributed by atoms with E-state index in [2.05, 4.69) is 37.9 Å². The van der Waals surface area contributed by atoms with E-state index in [-0.39, 0.29) is 6.61 Å². The number of aromatic nitrogens is 3. The van der Waals surface area contributed by atoms with Crippen LogP contribution in [0.3, 0.4) is 0 Å². The molecule has 1 aromatic heterocycles. The highest BCUT2D eigenvalue weighted by Gasteiger charge is 2.13. The van der Waals surface area contributed by atoms with Gasteiger partial charge in [0.25, 0.3) is 0 Å². The number of rotatable bonds is 5. The molecule has 0 aliphatic heterocycles. The Bertz CT molecular complexity index is 305. The third-order valence-electron chi connectivity index (χ3n) is 2.44. The second kappa shape index (κ2) is 5.26. The minimum atomic E-state index is -0.0349. The zero-order chi connectivity index (χ0) is 11.4. The lowest BCUT2D eigenvalue weighted by Gasteiger charge is -2.13. The van der Waals surface area contributed by atoms with Gasteiger partial charge in [0.05, 0.1) is 0 Å². The highest BCUT2D eigenvalue weighted by atomic mass is 16.3. The summed E-state index contributed by atoms with van der Waals surface area (Å²) in [5, 5.41) is 17.3. The van der Waals surface area contributed by atoms with Crippen molar-refractivity contribution in [3.63, 3.8) is 0 Å². The quantitative estimate of drug-likeness (QED) is 0.809. The molecule has 0 amide bonds. The second-order valence-corrected chi connectivity index (χ2v) is 4.59. The van der Waals surface area contributed by atoms with Crippen LogP contribution in [0.5, 0.6) is 0 Å². The Morgan fingerprint density at radius 2 is 1.73 bits per heavy atom. The Hall–Kier alpha value is -0.900. The number of aryl methyl sites for hydroxylation is 1. The summed E-state index contributed by atoms with van der Waals surface area (Å²) in [7, 11) is 0. The maximum atomic E-state index is 9.13. The lowest BCUT2D eigenvalue weighted by atomic mass is 10.1. The highest BCUT2D eigenvalue weighted by Crippen LogP contribution is 2.14. The van der Waals surface area contributed by atoms with Crippen molar-refractivity contribution >= 4 is 0 Å². The maximum Gasteiger partial charge on any atom is 0.159 e. The summed E-state index contributed by atoms with van der Waals surface area (Å²) in [5.41, 5.74) is 0. The number of aliphatic hydroxyl groups excluding tert-OH is 1. The first-order valence-corrected chi connectivity index (χ1v) is 5.59. The summed E-state index contributed by atoms with van der Waals surface area (Å²) >= 11 is 0. The van der Waals surface area contributed by atoms with Crippen molar-refractivity contribution in [2.24, 2.45) is 5.92 Å². The molecule has 1 heterocycles. The van der Waals surface area contributed by atoms with Crippen LogP contribution in [0, 0.1) is 5.92 Å². The van der Waals surface area contributed by atoms with E-state index in [1.165, 1.54) is 0 Å². The van der Waals surface area contributed by atoms with E-state index in [1.54, 1.807) is 0 Å². The lowest BCUT2D eigenvalue weighted by molar-refractivity contribution is 0.261. The maximum absolute atomic E-state index is 9.13. The van der Waals surface area contributed by atoms with Gasteiger partial charge in [-0.2, -0.15) is 0 Å². The predicted octanol–water partition coefficient (Wildman–Crippen LogP) is 1.94. The van der Waals surface area contributed by atoms with E-state index >= 15 is 0 Å². The minimum Gasteiger partial charge on any atom is -0.388 e. The molecule has 0 aliphatic rings. The summed E-state index contributed by atoms with van der Waals surface area (Å²) in [6, 6.07) is 0.310. The molecular weight excluding hydrogens is 190 g/mol. The topological polar surface area (TPSA) is 50.9 Å². The van der Waals surface area contributed by atoms with Crippen LogP contribution in [0.2, 0.25) is 0 Å². The summed E-state index contributed by atoms with van der Waals surface area (Å²) < 4.78 is 2.03. The fraction of sp³-hybridized carbons (Fsp3) is 0.818. The number of nitrogens with zero attached hydrogens (tertiary/aromatic N) is 3. The summed E-state index contributed by atoms with van der Waals surface area (Å²) in [6.45, 7) is 8.53. The van der Waals surface area contributed by atoms with Gasteiger partial charge >= 0.3 is 0 Å². The molecule has 0 bridgehead atoms. The number of hydrogen-bond acceptors (Lipinski definition) is 3. The van der Waals surface area contributed by atoms with Crippen molar-refractivity contribution in [1.82, 2.24) is 14.8 Å². The van der Waals surface area contributed by atoms with Gasteiger partial charge in [-0.25, -0.2) is 0 Å². The molecule has 0 saturated carbocycles.